The minimum atomic E-state index is -1.26. The number of nitrogens with one attached hydrogen (secondary N) is 1. The summed E-state index contributed by atoms with van der Waals surface area (Å²) < 4.78 is 0. The Balaban J connectivity index is 2.73. The fourth-order valence-corrected chi connectivity index (χ4v) is 1.47. The molecule has 1 aliphatic rings. The Morgan fingerprint density at radius 3 is 2.35 bits per heavy atom. The number of hydrogen-bond acceptors (Lipinski definition) is 5. The van der Waals surface area contributed by atoms with E-state index in [-0.39, 0.29) is 6.54 Å². The summed E-state index contributed by atoms with van der Waals surface area (Å²) in [4.78, 5) is 57.9. The van der Waals surface area contributed by atoms with Gasteiger partial charge >= 0.3 is 23.8 Å². The van der Waals surface area contributed by atoms with Crippen LogP contribution in [0.3, 0.4) is 0 Å². The molecule has 0 aromatic heterocycles. The third kappa shape index (κ3) is 2.99. The van der Waals surface area contributed by atoms with E-state index in [1.54, 1.807) is 0 Å². The number of amides is 5. The van der Waals surface area contributed by atoms with Gasteiger partial charge in [-0.05, 0) is 6.92 Å². The van der Waals surface area contributed by atoms with Crippen LogP contribution >= 0.6 is 0 Å². The molecule has 1 saturated heterocycles. The highest BCUT2D eigenvalue weighted by Gasteiger charge is 2.44. The van der Waals surface area contributed by atoms with Gasteiger partial charge in [-0.3, -0.25) is 24.1 Å². The Morgan fingerprint density at radius 2 is 1.85 bits per heavy atom. The van der Waals surface area contributed by atoms with E-state index in [1.165, 1.54) is 13.0 Å². The third-order valence-electron chi connectivity index (χ3n) is 2.50. The second-order valence-corrected chi connectivity index (χ2v) is 4.01. The van der Waals surface area contributed by atoms with Crippen LogP contribution in [0.15, 0.2) is 12.7 Å². The smallest absolute Gasteiger partial charge is 0.335 e. The first kappa shape index (κ1) is 15.3. The average Bonchev–Trinajstić information content (AvgIpc) is 2.56. The van der Waals surface area contributed by atoms with Gasteiger partial charge in [0.2, 0.25) is 5.91 Å². The monoisotopic (exact) mass is 283 g/mol. The summed E-state index contributed by atoms with van der Waals surface area (Å²) in [6, 6.07) is -2.10. The zero-order valence-corrected chi connectivity index (χ0v) is 10.7. The van der Waals surface area contributed by atoms with Crippen molar-refractivity contribution in [3.8, 4) is 0 Å². The predicted molar refractivity (Wildman–Crippen MR) is 64.3 cm³/mol. The van der Waals surface area contributed by atoms with Crippen LogP contribution in [0.2, 0.25) is 0 Å². The quantitative estimate of drug-likeness (QED) is 0.349. The van der Waals surface area contributed by atoms with Crippen LogP contribution in [0.4, 0.5) is 4.79 Å². The van der Waals surface area contributed by atoms with Crippen LogP contribution in [0.1, 0.15) is 6.92 Å². The molecule has 9 heteroatoms. The van der Waals surface area contributed by atoms with Gasteiger partial charge in [-0.2, -0.15) is 0 Å². The summed E-state index contributed by atoms with van der Waals surface area (Å²) in [6.07, 6.45) is 1.26. The molecule has 9 nitrogen and oxygen atoms in total. The molecule has 108 valence electrons. The largest absolute Gasteiger partial charge is 0.480 e. The first-order valence-electron chi connectivity index (χ1n) is 5.60. The van der Waals surface area contributed by atoms with Crippen LogP contribution in [0, 0.1) is 0 Å². The van der Waals surface area contributed by atoms with Crippen LogP contribution in [0.5, 0.6) is 0 Å². The molecule has 1 fully saturated rings. The summed E-state index contributed by atoms with van der Waals surface area (Å²) in [5.74, 6) is -4.29. The summed E-state index contributed by atoms with van der Waals surface area (Å²) >= 11 is 0. The number of carboxylic acids is 1. The fourth-order valence-electron chi connectivity index (χ4n) is 1.47. The standard InChI is InChI=1S/C11H13N3O6/c1-3-4-13-8(16)9(17)14(11(13)20)5-7(15)12-6(2)10(18)19/h3,6H,1,4-5H2,2H3,(H,12,15)(H,18,19)/t6-/m0/s1. The minimum Gasteiger partial charge on any atom is -0.480 e. The maximum absolute atomic E-state index is 11.7. The van der Waals surface area contributed by atoms with Crippen molar-refractivity contribution >= 4 is 29.7 Å². The second kappa shape index (κ2) is 5.95. The van der Waals surface area contributed by atoms with Crippen molar-refractivity contribution in [2.45, 2.75) is 13.0 Å². The number of nitrogens with zero attached hydrogens (tertiary/aromatic N) is 2. The van der Waals surface area contributed by atoms with Crippen molar-refractivity contribution < 1.29 is 29.1 Å². The molecular formula is C11H13N3O6. The van der Waals surface area contributed by atoms with E-state index in [4.69, 9.17) is 5.11 Å². The lowest BCUT2D eigenvalue weighted by atomic mass is 10.3. The third-order valence-corrected chi connectivity index (χ3v) is 2.50. The number of aliphatic carboxylic acids is 1. The minimum absolute atomic E-state index is 0.146. The van der Waals surface area contributed by atoms with Crippen molar-refractivity contribution in [2.24, 2.45) is 0 Å². The van der Waals surface area contributed by atoms with Gasteiger partial charge in [0.05, 0.1) is 0 Å². The van der Waals surface area contributed by atoms with Crippen molar-refractivity contribution in [1.82, 2.24) is 15.1 Å². The number of carbonyl (C=O) groups excluding carboxylic acids is 4. The van der Waals surface area contributed by atoms with Gasteiger partial charge in [0.1, 0.15) is 12.6 Å². The zero-order chi connectivity index (χ0) is 15.4. The van der Waals surface area contributed by atoms with Gasteiger partial charge in [-0.15, -0.1) is 6.58 Å². The highest BCUT2D eigenvalue weighted by Crippen LogP contribution is 2.11. The van der Waals surface area contributed by atoms with Crippen LogP contribution in [-0.4, -0.2) is 63.8 Å². The van der Waals surface area contributed by atoms with Crippen molar-refractivity contribution in [3.63, 3.8) is 0 Å². The molecule has 1 rings (SSSR count). The Morgan fingerprint density at radius 1 is 1.30 bits per heavy atom. The van der Waals surface area contributed by atoms with Crippen LogP contribution < -0.4 is 5.32 Å². The van der Waals surface area contributed by atoms with Gasteiger partial charge in [0.25, 0.3) is 0 Å². The lowest BCUT2D eigenvalue weighted by Gasteiger charge is -2.15. The molecule has 0 aromatic carbocycles. The maximum Gasteiger partial charge on any atom is 0.335 e. The number of carboxylic acid groups (broad SMARTS) is 1. The number of rotatable bonds is 6. The van der Waals surface area contributed by atoms with E-state index in [9.17, 15) is 24.0 Å². The Bertz CT molecular complexity index is 500. The molecular weight excluding hydrogens is 270 g/mol. The molecule has 0 spiro atoms. The number of urea groups is 1. The summed E-state index contributed by atoms with van der Waals surface area (Å²) in [5.41, 5.74) is 0. The molecule has 5 amide bonds. The predicted octanol–water partition coefficient (Wildman–Crippen LogP) is -1.45. The van der Waals surface area contributed by atoms with Crippen molar-refractivity contribution in [3.05, 3.63) is 12.7 Å². The van der Waals surface area contributed by atoms with Crippen LogP contribution in [0.25, 0.3) is 0 Å². The van der Waals surface area contributed by atoms with Gasteiger partial charge in [-0.25, -0.2) is 9.69 Å². The van der Waals surface area contributed by atoms with E-state index in [2.05, 4.69) is 11.9 Å². The molecule has 0 saturated carbocycles. The summed E-state index contributed by atoms with van der Waals surface area (Å²) in [5, 5.41) is 10.7. The van der Waals surface area contributed by atoms with Crippen LogP contribution in [-0.2, 0) is 19.2 Å². The first-order chi connectivity index (χ1) is 9.29. The maximum atomic E-state index is 11.7. The molecule has 1 atom stereocenters. The Hall–Kier alpha value is -2.71. The molecule has 0 bridgehead atoms. The molecule has 20 heavy (non-hydrogen) atoms. The lowest BCUT2D eigenvalue weighted by molar-refractivity contribution is -0.144. The van der Waals surface area contributed by atoms with E-state index < -0.39 is 42.3 Å². The molecule has 1 aliphatic heterocycles. The SMILES string of the molecule is C=CCN1C(=O)C(=O)N(CC(=O)N[C@@H](C)C(=O)O)C1=O. The Labute approximate surface area is 113 Å². The van der Waals surface area contributed by atoms with Gasteiger partial charge in [0, 0.05) is 6.54 Å². The first-order valence-corrected chi connectivity index (χ1v) is 5.60. The normalized spacial score (nSPS) is 16.4. The molecule has 0 aliphatic carbocycles. The van der Waals surface area contributed by atoms with Gasteiger partial charge < -0.3 is 10.4 Å². The number of carbonyl (C=O) groups is 5. The highest BCUT2D eigenvalue weighted by molar-refractivity contribution is 6.45. The molecule has 0 aromatic rings. The number of hydrogen-bond donors (Lipinski definition) is 2. The molecule has 1 heterocycles. The topological polar surface area (TPSA) is 124 Å². The summed E-state index contributed by atoms with van der Waals surface area (Å²) in [6.45, 7) is 3.71. The Kier molecular flexibility index (Phi) is 4.57. The highest BCUT2D eigenvalue weighted by atomic mass is 16.4. The van der Waals surface area contributed by atoms with Gasteiger partial charge in [-0.1, -0.05) is 6.08 Å². The molecule has 0 unspecified atom stereocenters. The zero-order valence-electron chi connectivity index (χ0n) is 10.7. The summed E-state index contributed by atoms with van der Waals surface area (Å²) in [7, 11) is 0. The fraction of sp³-hybridized carbons (Fsp3) is 0.364. The average molecular weight is 283 g/mol. The second-order valence-electron chi connectivity index (χ2n) is 4.01. The van der Waals surface area contributed by atoms with E-state index >= 15 is 0 Å². The van der Waals surface area contributed by atoms with Crippen molar-refractivity contribution in [2.75, 3.05) is 13.1 Å². The van der Waals surface area contributed by atoms with E-state index in [0.29, 0.717) is 9.80 Å². The van der Waals surface area contributed by atoms with Gasteiger partial charge in [0.15, 0.2) is 0 Å². The number of imide groups is 2. The molecule has 0 radical (unpaired) electrons. The molecule has 2 N–H and O–H groups in total. The van der Waals surface area contributed by atoms with E-state index in [1.807, 2.05) is 0 Å². The van der Waals surface area contributed by atoms with Crippen molar-refractivity contribution in [1.29, 1.82) is 0 Å². The van der Waals surface area contributed by atoms with E-state index in [0.717, 1.165) is 0 Å². The lowest BCUT2D eigenvalue weighted by Crippen LogP contribution is -2.46.